The van der Waals surface area contributed by atoms with Gasteiger partial charge in [-0.1, -0.05) is 53.0 Å². The van der Waals surface area contributed by atoms with Crippen LogP contribution in [0.4, 0.5) is 0 Å². The predicted octanol–water partition coefficient (Wildman–Crippen LogP) is 6.02. The number of aromatic nitrogens is 1. The molecule has 0 saturated carbocycles. The number of carbonyl (C=O) groups is 2. The number of carboxylic acid groups (broad SMARTS) is 1. The molecule has 2 aromatic carbocycles. The zero-order valence-corrected chi connectivity index (χ0v) is 17.8. The van der Waals surface area contributed by atoms with Gasteiger partial charge < -0.3 is 15.2 Å². The van der Waals surface area contributed by atoms with Gasteiger partial charge in [-0.05, 0) is 42.8 Å². The highest BCUT2D eigenvalue weighted by molar-refractivity contribution is 6.34. The van der Waals surface area contributed by atoms with Crippen LogP contribution in [0.1, 0.15) is 39.2 Å². The van der Waals surface area contributed by atoms with E-state index in [9.17, 15) is 14.7 Å². The van der Waals surface area contributed by atoms with Gasteiger partial charge in [-0.15, -0.1) is 0 Å². The molecule has 0 spiro atoms. The number of ether oxygens (including phenoxy) is 1. The van der Waals surface area contributed by atoms with Crippen molar-refractivity contribution in [2.75, 3.05) is 0 Å². The second kappa shape index (κ2) is 9.34. The first-order valence-corrected chi connectivity index (χ1v) is 9.80. The molecule has 0 aliphatic rings. The first-order chi connectivity index (χ1) is 14.2. The van der Waals surface area contributed by atoms with Crippen molar-refractivity contribution in [2.45, 2.75) is 13.0 Å². The number of rotatable bonds is 6. The van der Waals surface area contributed by atoms with Gasteiger partial charge in [-0.2, -0.15) is 0 Å². The molecule has 1 heterocycles. The Morgan fingerprint density at radius 2 is 1.67 bits per heavy atom. The SMILES string of the molecule is C[C@H](NC(=O)c1cc(Cl)cnc1Oc1cc(Cl)cc(Cl)c1)c1ccccc1C(=O)O. The third-order valence-electron chi connectivity index (χ3n) is 4.12. The van der Waals surface area contributed by atoms with Crippen LogP contribution < -0.4 is 10.1 Å². The van der Waals surface area contributed by atoms with E-state index >= 15 is 0 Å². The summed E-state index contributed by atoms with van der Waals surface area (Å²) in [5.41, 5.74) is 0.621. The van der Waals surface area contributed by atoms with Crippen LogP contribution in [0.25, 0.3) is 0 Å². The summed E-state index contributed by atoms with van der Waals surface area (Å²) >= 11 is 18.0. The summed E-state index contributed by atoms with van der Waals surface area (Å²) in [7, 11) is 0. The summed E-state index contributed by atoms with van der Waals surface area (Å²) < 4.78 is 5.70. The smallest absolute Gasteiger partial charge is 0.336 e. The molecule has 9 heteroatoms. The molecular formula is C21H15Cl3N2O4. The highest BCUT2D eigenvalue weighted by atomic mass is 35.5. The summed E-state index contributed by atoms with van der Waals surface area (Å²) in [5, 5.41) is 13.1. The predicted molar refractivity (Wildman–Crippen MR) is 115 cm³/mol. The van der Waals surface area contributed by atoms with Crippen LogP contribution in [0.2, 0.25) is 15.1 Å². The van der Waals surface area contributed by atoms with E-state index in [4.69, 9.17) is 39.5 Å². The van der Waals surface area contributed by atoms with E-state index in [1.54, 1.807) is 31.2 Å². The molecule has 30 heavy (non-hydrogen) atoms. The van der Waals surface area contributed by atoms with Gasteiger partial charge in [0.1, 0.15) is 11.3 Å². The molecule has 0 fully saturated rings. The Morgan fingerprint density at radius 3 is 2.33 bits per heavy atom. The van der Waals surface area contributed by atoms with E-state index in [2.05, 4.69) is 10.3 Å². The summed E-state index contributed by atoms with van der Waals surface area (Å²) in [6, 6.07) is 11.8. The third-order valence-corrected chi connectivity index (χ3v) is 4.76. The van der Waals surface area contributed by atoms with Gasteiger partial charge in [0.25, 0.3) is 5.91 Å². The van der Waals surface area contributed by atoms with Crippen LogP contribution in [0, 0.1) is 0 Å². The molecule has 3 aromatic rings. The Balaban J connectivity index is 1.89. The van der Waals surface area contributed by atoms with Gasteiger partial charge in [0.2, 0.25) is 5.88 Å². The van der Waals surface area contributed by atoms with E-state index in [-0.39, 0.29) is 22.0 Å². The summed E-state index contributed by atoms with van der Waals surface area (Å²) in [4.78, 5) is 28.5. The highest BCUT2D eigenvalue weighted by Gasteiger charge is 2.21. The average Bonchev–Trinajstić information content (AvgIpc) is 2.68. The van der Waals surface area contributed by atoms with Crippen LogP contribution in [0.3, 0.4) is 0 Å². The zero-order chi connectivity index (χ0) is 21.8. The van der Waals surface area contributed by atoms with Crippen molar-refractivity contribution in [3.63, 3.8) is 0 Å². The number of aromatic carboxylic acids is 1. The Bertz CT molecular complexity index is 1100. The number of amides is 1. The molecule has 1 aromatic heterocycles. The van der Waals surface area contributed by atoms with Crippen molar-refractivity contribution in [3.8, 4) is 11.6 Å². The van der Waals surface area contributed by atoms with Gasteiger partial charge in [0.05, 0.1) is 16.6 Å². The van der Waals surface area contributed by atoms with Crippen molar-refractivity contribution in [2.24, 2.45) is 0 Å². The first kappa shape index (κ1) is 21.9. The molecule has 0 radical (unpaired) electrons. The number of pyridine rings is 1. The van der Waals surface area contributed by atoms with E-state index in [0.717, 1.165) is 0 Å². The van der Waals surface area contributed by atoms with Crippen LogP contribution in [-0.2, 0) is 0 Å². The number of hydrogen-bond donors (Lipinski definition) is 2. The van der Waals surface area contributed by atoms with Crippen LogP contribution in [0.5, 0.6) is 11.6 Å². The number of benzene rings is 2. The normalized spacial score (nSPS) is 11.6. The molecule has 3 rings (SSSR count). The van der Waals surface area contributed by atoms with Gasteiger partial charge in [0.15, 0.2) is 0 Å². The highest BCUT2D eigenvalue weighted by Crippen LogP contribution is 2.30. The average molecular weight is 466 g/mol. The fraction of sp³-hybridized carbons (Fsp3) is 0.0952. The third kappa shape index (κ3) is 5.21. The van der Waals surface area contributed by atoms with E-state index in [1.807, 2.05) is 0 Å². The van der Waals surface area contributed by atoms with E-state index in [0.29, 0.717) is 21.4 Å². The summed E-state index contributed by atoms with van der Waals surface area (Å²) in [6.45, 7) is 1.68. The quantitative estimate of drug-likeness (QED) is 0.464. The Morgan fingerprint density at radius 1 is 1.00 bits per heavy atom. The molecule has 0 aliphatic heterocycles. The summed E-state index contributed by atoms with van der Waals surface area (Å²) in [6.07, 6.45) is 1.34. The monoisotopic (exact) mass is 464 g/mol. The molecular weight excluding hydrogens is 451 g/mol. The number of halogens is 3. The Kier molecular flexibility index (Phi) is 6.82. The lowest BCUT2D eigenvalue weighted by Crippen LogP contribution is -2.28. The number of nitrogens with one attached hydrogen (secondary N) is 1. The lowest BCUT2D eigenvalue weighted by atomic mass is 10.0. The van der Waals surface area contributed by atoms with Gasteiger partial charge >= 0.3 is 5.97 Å². The van der Waals surface area contributed by atoms with Crippen molar-refractivity contribution in [1.82, 2.24) is 10.3 Å². The minimum absolute atomic E-state index is 0.00560. The second-order valence-corrected chi connectivity index (χ2v) is 7.61. The van der Waals surface area contributed by atoms with E-state index in [1.165, 1.54) is 30.5 Å². The minimum atomic E-state index is -1.09. The van der Waals surface area contributed by atoms with Gasteiger partial charge in [0, 0.05) is 16.2 Å². The van der Waals surface area contributed by atoms with Crippen molar-refractivity contribution >= 4 is 46.7 Å². The Labute approximate surface area is 187 Å². The molecule has 2 N–H and O–H groups in total. The molecule has 0 unspecified atom stereocenters. The minimum Gasteiger partial charge on any atom is -0.478 e. The van der Waals surface area contributed by atoms with E-state index < -0.39 is 17.9 Å². The topological polar surface area (TPSA) is 88.5 Å². The summed E-state index contributed by atoms with van der Waals surface area (Å²) in [5.74, 6) is -1.34. The van der Waals surface area contributed by atoms with Crippen LogP contribution in [0.15, 0.2) is 54.7 Å². The molecule has 1 amide bonds. The molecule has 1 atom stereocenters. The molecule has 0 saturated heterocycles. The molecule has 154 valence electrons. The lowest BCUT2D eigenvalue weighted by Gasteiger charge is -2.17. The molecule has 0 aliphatic carbocycles. The number of carboxylic acids is 1. The van der Waals surface area contributed by atoms with Crippen molar-refractivity contribution < 1.29 is 19.4 Å². The number of carbonyl (C=O) groups excluding carboxylic acids is 1. The standard InChI is InChI=1S/C21H15Cl3N2O4/c1-11(16-4-2-3-5-17(16)21(28)29)26-19(27)18-9-14(24)10-25-20(18)30-15-7-12(22)6-13(23)8-15/h2-11H,1H3,(H,26,27)(H,28,29)/t11-/m0/s1. The zero-order valence-electron chi connectivity index (χ0n) is 15.5. The van der Waals surface area contributed by atoms with Crippen LogP contribution in [-0.4, -0.2) is 22.0 Å². The maximum atomic E-state index is 12.9. The van der Waals surface area contributed by atoms with Crippen molar-refractivity contribution in [3.05, 3.63) is 86.5 Å². The fourth-order valence-corrected chi connectivity index (χ4v) is 3.46. The number of hydrogen-bond acceptors (Lipinski definition) is 4. The number of nitrogens with zero attached hydrogens (tertiary/aromatic N) is 1. The second-order valence-electron chi connectivity index (χ2n) is 6.30. The molecule has 0 bridgehead atoms. The van der Waals surface area contributed by atoms with Gasteiger partial charge in [-0.3, -0.25) is 4.79 Å². The maximum absolute atomic E-state index is 12.9. The maximum Gasteiger partial charge on any atom is 0.336 e. The van der Waals surface area contributed by atoms with Crippen LogP contribution >= 0.6 is 34.8 Å². The molecule has 6 nitrogen and oxygen atoms in total. The largest absolute Gasteiger partial charge is 0.478 e. The lowest BCUT2D eigenvalue weighted by molar-refractivity contribution is 0.0693. The van der Waals surface area contributed by atoms with Gasteiger partial charge in [-0.25, -0.2) is 9.78 Å². The Hall–Kier alpha value is -2.80. The fourth-order valence-electron chi connectivity index (χ4n) is 2.79. The first-order valence-electron chi connectivity index (χ1n) is 8.67. The van der Waals surface area contributed by atoms with Crippen molar-refractivity contribution in [1.29, 1.82) is 0 Å².